The van der Waals surface area contributed by atoms with Gasteiger partial charge >= 0.3 is 0 Å². The number of aromatic nitrogens is 1. The maximum atomic E-state index is 11.9. The van der Waals surface area contributed by atoms with Crippen LogP contribution in [0.1, 0.15) is 16.8 Å². The first kappa shape index (κ1) is 14.2. The zero-order valence-electron chi connectivity index (χ0n) is 9.45. The molecule has 0 aromatic carbocycles. The first-order valence-electron chi connectivity index (χ1n) is 5.14. The van der Waals surface area contributed by atoms with Crippen molar-refractivity contribution in [3.63, 3.8) is 0 Å². The lowest BCUT2D eigenvalue weighted by molar-refractivity contribution is 0.0895. The van der Waals surface area contributed by atoms with Crippen molar-refractivity contribution >= 4 is 29.1 Å². The number of carbonyl (C=O) groups is 1. The molecule has 0 aliphatic carbocycles. The number of nitrogens with zero attached hydrogens (tertiary/aromatic N) is 1. The van der Waals surface area contributed by atoms with Gasteiger partial charge in [0.15, 0.2) is 0 Å². The SMILES string of the molecule is COCC(CCCl)NC(=O)c1ccncc1Cl. The van der Waals surface area contributed by atoms with Crippen molar-refractivity contribution in [3.8, 4) is 0 Å². The Hall–Kier alpha value is -0.840. The fourth-order valence-electron chi connectivity index (χ4n) is 1.35. The highest BCUT2D eigenvalue weighted by molar-refractivity contribution is 6.33. The third kappa shape index (κ3) is 4.50. The molecule has 1 aromatic rings. The number of pyridine rings is 1. The second kappa shape index (κ2) is 7.48. The van der Waals surface area contributed by atoms with Gasteiger partial charge in [-0.2, -0.15) is 0 Å². The molecule has 1 amide bonds. The summed E-state index contributed by atoms with van der Waals surface area (Å²) in [4.78, 5) is 15.7. The Bertz CT molecular complexity index is 368. The van der Waals surface area contributed by atoms with Crippen LogP contribution in [0.2, 0.25) is 5.02 Å². The van der Waals surface area contributed by atoms with Crippen LogP contribution >= 0.6 is 23.2 Å². The zero-order valence-corrected chi connectivity index (χ0v) is 11.0. The summed E-state index contributed by atoms with van der Waals surface area (Å²) in [5.74, 6) is 0.211. The molecule has 1 atom stereocenters. The van der Waals surface area contributed by atoms with Gasteiger partial charge in [-0.15, -0.1) is 11.6 Å². The van der Waals surface area contributed by atoms with Crippen LogP contribution in [0.5, 0.6) is 0 Å². The Labute approximate surface area is 110 Å². The lowest BCUT2D eigenvalue weighted by Crippen LogP contribution is -2.38. The molecule has 17 heavy (non-hydrogen) atoms. The quantitative estimate of drug-likeness (QED) is 0.810. The normalized spacial score (nSPS) is 12.2. The molecule has 94 valence electrons. The van der Waals surface area contributed by atoms with Gasteiger partial charge in [-0.25, -0.2) is 0 Å². The minimum atomic E-state index is -0.246. The molecule has 1 heterocycles. The van der Waals surface area contributed by atoms with Crippen LogP contribution in [0.4, 0.5) is 0 Å². The van der Waals surface area contributed by atoms with Gasteiger partial charge in [-0.3, -0.25) is 9.78 Å². The molecule has 1 aromatic heterocycles. The predicted molar refractivity (Wildman–Crippen MR) is 67.7 cm³/mol. The molecule has 0 bridgehead atoms. The predicted octanol–water partition coefficient (Wildman–Crippen LogP) is 2.11. The second-order valence-electron chi connectivity index (χ2n) is 3.46. The number of carbonyl (C=O) groups excluding carboxylic acids is 1. The van der Waals surface area contributed by atoms with E-state index in [1.165, 1.54) is 12.4 Å². The number of ether oxygens (including phenoxy) is 1. The maximum Gasteiger partial charge on any atom is 0.253 e. The van der Waals surface area contributed by atoms with Gasteiger partial charge in [0.25, 0.3) is 5.91 Å². The molecule has 1 unspecified atom stereocenters. The van der Waals surface area contributed by atoms with Gasteiger partial charge in [-0.05, 0) is 12.5 Å². The van der Waals surface area contributed by atoms with Gasteiger partial charge in [0, 0.05) is 25.4 Å². The van der Waals surface area contributed by atoms with E-state index in [1.54, 1.807) is 13.2 Å². The van der Waals surface area contributed by atoms with Gasteiger partial charge in [0.05, 0.1) is 23.2 Å². The van der Waals surface area contributed by atoms with E-state index in [-0.39, 0.29) is 11.9 Å². The maximum absolute atomic E-state index is 11.9. The van der Waals surface area contributed by atoms with E-state index in [1.807, 2.05) is 0 Å². The first-order valence-corrected chi connectivity index (χ1v) is 6.05. The van der Waals surface area contributed by atoms with Crippen LogP contribution in [0, 0.1) is 0 Å². The first-order chi connectivity index (χ1) is 8.19. The largest absolute Gasteiger partial charge is 0.383 e. The molecule has 0 saturated carbocycles. The zero-order chi connectivity index (χ0) is 12.7. The van der Waals surface area contributed by atoms with Crippen LogP contribution in [0.3, 0.4) is 0 Å². The van der Waals surface area contributed by atoms with Crippen molar-refractivity contribution < 1.29 is 9.53 Å². The number of amides is 1. The summed E-state index contributed by atoms with van der Waals surface area (Å²) in [6.45, 7) is 0.418. The second-order valence-corrected chi connectivity index (χ2v) is 4.24. The summed E-state index contributed by atoms with van der Waals surface area (Å²) >= 11 is 11.5. The van der Waals surface area contributed by atoms with Crippen LogP contribution in [-0.4, -0.2) is 36.5 Å². The minimum absolute atomic E-state index is 0.116. The molecule has 1 rings (SSSR count). The van der Waals surface area contributed by atoms with Gasteiger partial charge in [0.2, 0.25) is 0 Å². The fourth-order valence-corrected chi connectivity index (χ4v) is 1.82. The smallest absolute Gasteiger partial charge is 0.253 e. The number of hydrogen-bond donors (Lipinski definition) is 1. The Kier molecular flexibility index (Phi) is 6.26. The van der Waals surface area contributed by atoms with Crippen molar-refractivity contribution in [1.82, 2.24) is 10.3 Å². The van der Waals surface area contributed by atoms with Crippen molar-refractivity contribution in [2.45, 2.75) is 12.5 Å². The molecular weight excluding hydrogens is 263 g/mol. The molecule has 0 fully saturated rings. The summed E-state index contributed by atoms with van der Waals surface area (Å²) in [6.07, 6.45) is 3.60. The van der Waals surface area contributed by atoms with E-state index in [0.717, 1.165) is 0 Å². The average molecular weight is 277 g/mol. The van der Waals surface area contributed by atoms with Gasteiger partial charge in [0.1, 0.15) is 0 Å². The molecule has 0 aliphatic heterocycles. The Balaban J connectivity index is 2.67. The number of methoxy groups -OCH3 is 1. The van der Waals surface area contributed by atoms with Gasteiger partial charge < -0.3 is 10.1 Å². The lowest BCUT2D eigenvalue weighted by atomic mass is 10.2. The highest BCUT2D eigenvalue weighted by Gasteiger charge is 2.15. The number of halogens is 2. The van der Waals surface area contributed by atoms with Crippen molar-refractivity contribution in [2.24, 2.45) is 0 Å². The third-order valence-corrected chi connectivity index (χ3v) is 2.70. The Morgan fingerprint density at radius 1 is 1.65 bits per heavy atom. The Morgan fingerprint density at radius 2 is 2.41 bits per heavy atom. The number of nitrogens with one attached hydrogen (secondary N) is 1. The van der Waals surface area contributed by atoms with Crippen LogP contribution < -0.4 is 5.32 Å². The molecule has 0 saturated heterocycles. The lowest BCUT2D eigenvalue weighted by Gasteiger charge is -2.16. The molecule has 1 N–H and O–H groups in total. The molecule has 0 aliphatic rings. The topological polar surface area (TPSA) is 51.2 Å². The average Bonchev–Trinajstić information content (AvgIpc) is 2.30. The molecule has 6 heteroatoms. The monoisotopic (exact) mass is 276 g/mol. The van der Waals surface area contributed by atoms with E-state index in [2.05, 4.69) is 10.3 Å². The molecular formula is C11H14Cl2N2O2. The molecule has 0 radical (unpaired) electrons. The minimum Gasteiger partial charge on any atom is -0.383 e. The third-order valence-electron chi connectivity index (χ3n) is 2.18. The summed E-state index contributed by atoms with van der Waals surface area (Å²) in [5, 5.41) is 3.14. The summed E-state index contributed by atoms with van der Waals surface area (Å²) in [7, 11) is 1.58. The van der Waals surface area contributed by atoms with Crippen LogP contribution in [-0.2, 0) is 4.74 Å². The number of rotatable bonds is 6. The number of alkyl halides is 1. The van der Waals surface area contributed by atoms with Crippen molar-refractivity contribution in [2.75, 3.05) is 19.6 Å². The molecule has 0 spiro atoms. The van der Waals surface area contributed by atoms with E-state index in [4.69, 9.17) is 27.9 Å². The van der Waals surface area contributed by atoms with E-state index >= 15 is 0 Å². The number of hydrogen-bond acceptors (Lipinski definition) is 3. The summed E-state index contributed by atoms with van der Waals surface area (Å²) in [5.41, 5.74) is 0.400. The van der Waals surface area contributed by atoms with Crippen molar-refractivity contribution in [1.29, 1.82) is 0 Å². The Morgan fingerprint density at radius 3 is 3.00 bits per heavy atom. The van der Waals surface area contributed by atoms with Crippen LogP contribution in [0.25, 0.3) is 0 Å². The van der Waals surface area contributed by atoms with E-state index in [0.29, 0.717) is 29.5 Å². The van der Waals surface area contributed by atoms with E-state index < -0.39 is 0 Å². The van der Waals surface area contributed by atoms with Gasteiger partial charge in [-0.1, -0.05) is 11.6 Å². The molecule has 4 nitrogen and oxygen atoms in total. The van der Waals surface area contributed by atoms with E-state index in [9.17, 15) is 4.79 Å². The summed E-state index contributed by atoms with van der Waals surface area (Å²) in [6, 6.07) is 1.46. The van der Waals surface area contributed by atoms with Crippen LogP contribution in [0.15, 0.2) is 18.5 Å². The highest BCUT2D eigenvalue weighted by atomic mass is 35.5. The summed E-state index contributed by atoms with van der Waals surface area (Å²) < 4.78 is 5.00. The fraction of sp³-hybridized carbons (Fsp3) is 0.455. The standard InChI is InChI=1S/C11H14Cl2N2O2/c1-17-7-8(2-4-12)15-11(16)9-3-5-14-6-10(9)13/h3,5-6,8H,2,4,7H2,1H3,(H,15,16). The van der Waals surface area contributed by atoms with Crippen molar-refractivity contribution in [3.05, 3.63) is 29.0 Å². The highest BCUT2D eigenvalue weighted by Crippen LogP contribution is 2.13.